The molecule has 0 atom stereocenters. The van der Waals surface area contributed by atoms with E-state index in [0.717, 1.165) is 17.5 Å². The molecule has 4 aromatic rings. The first-order valence-electron chi connectivity index (χ1n) is 9.72. The molecule has 0 unspecified atom stereocenters. The number of hydrogen-bond donors (Lipinski definition) is 0. The van der Waals surface area contributed by atoms with E-state index >= 15 is 0 Å². The van der Waals surface area contributed by atoms with Gasteiger partial charge in [0.1, 0.15) is 10.6 Å². The highest BCUT2D eigenvalue weighted by Crippen LogP contribution is 2.32. The Hall–Kier alpha value is -3.58. The Balaban J connectivity index is 2.08. The summed E-state index contributed by atoms with van der Waals surface area (Å²) in [6, 6.07) is 22.0. The lowest BCUT2D eigenvalue weighted by atomic mass is 10.1. The van der Waals surface area contributed by atoms with Gasteiger partial charge >= 0.3 is 0 Å². The molecule has 0 bridgehead atoms. The molecule has 156 valence electrons. The zero-order chi connectivity index (χ0) is 22.0. The maximum absolute atomic E-state index is 13.5. The highest BCUT2D eigenvalue weighted by atomic mass is 32.2. The molecule has 0 radical (unpaired) electrons. The molecular weight excluding hydrogens is 410 g/mol. The van der Waals surface area contributed by atoms with Gasteiger partial charge in [-0.25, -0.2) is 13.1 Å². The van der Waals surface area contributed by atoms with Gasteiger partial charge in [0.15, 0.2) is 9.84 Å². The van der Waals surface area contributed by atoms with Crippen molar-refractivity contribution in [3.05, 3.63) is 101 Å². The number of pyridine rings is 1. The molecule has 0 saturated carbocycles. The molecule has 4 rings (SSSR count). The van der Waals surface area contributed by atoms with Crippen molar-refractivity contribution in [2.45, 2.75) is 18.4 Å². The molecule has 0 aliphatic carbocycles. The second-order valence-electron chi connectivity index (χ2n) is 7.33. The van der Waals surface area contributed by atoms with Crippen LogP contribution in [0.1, 0.15) is 11.3 Å². The standard InChI is InChI=1S/C24H21N3O3S/c1-17-13-14-20(15-25-17)21-23(31(2,29)30)22(19-11-7-4-8-12-19)26-27(24(21)28)16-18-9-5-3-6-10-18/h3-15H,16H2,1-2H3. The fourth-order valence-corrected chi connectivity index (χ4v) is 4.52. The second kappa shape index (κ2) is 8.28. The smallest absolute Gasteiger partial charge is 0.267 e. The second-order valence-corrected chi connectivity index (χ2v) is 9.28. The van der Waals surface area contributed by atoms with E-state index in [9.17, 15) is 13.2 Å². The number of nitrogens with zero attached hydrogens (tertiary/aromatic N) is 3. The topological polar surface area (TPSA) is 81.9 Å². The third kappa shape index (κ3) is 4.32. The first-order chi connectivity index (χ1) is 14.8. The minimum atomic E-state index is -3.79. The monoisotopic (exact) mass is 431 g/mol. The average molecular weight is 432 g/mol. The molecule has 0 saturated heterocycles. The largest absolute Gasteiger partial charge is 0.276 e. The molecular formula is C24H21N3O3S. The van der Waals surface area contributed by atoms with E-state index in [4.69, 9.17) is 0 Å². The average Bonchev–Trinajstić information content (AvgIpc) is 2.76. The van der Waals surface area contributed by atoms with Crippen LogP contribution in [0.15, 0.2) is 88.7 Å². The minimum Gasteiger partial charge on any atom is -0.267 e. The Morgan fingerprint density at radius 3 is 2.10 bits per heavy atom. The molecule has 7 heteroatoms. The normalized spacial score (nSPS) is 11.4. The molecule has 0 aliphatic heterocycles. The van der Waals surface area contributed by atoms with Gasteiger partial charge in [-0.3, -0.25) is 9.78 Å². The minimum absolute atomic E-state index is 0.0831. The SMILES string of the molecule is Cc1ccc(-c2c(S(C)(=O)=O)c(-c3ccccc3)nn(Cc3ccccc3)c2=O)cn1. The van der Waals surface area contributed by atoms with E-state index < -0.39 is 15.4 Å². The zero-order valence-electron chi connectivity index (χ0n) is 17.2. The fourth-order valence-electron chi connectivity index (χ4n) is 3.44. The Bertz CT molecular complexity index is 1380. The summed E-state index contributed by atoms with van der Waals surface area (Å²) in [5.41, 5.74) is 2.56. The van der Waals surface area contributed by atoms with Crippen LogP contribution < -0.4 is 5.56 Å². The van der Waals surface area contributed by atoms with Gasteiger partial charge < -0.3 is 0 Å². The first-order valence-corrected chi connectivity index (χ1v) is 11.6. The van der Waals surface area contributed by atoms with Crippen LogP contribution in [-0.4, -0.2) is 29.4 Å². The van der Waals surface area contributed by atoms with E-state index in [2.05, 4.69) is 10.1 Å². The number of hydrogen-bond acceptors (Lipinski definition) is 5. The summed E-state index contributed by atoms with van der Waals surface area (Å²) in [6.07, 6.45) is 2.63. The summed E-state index contributed by atoms with van der Waals surface area (Å²) in [5.74, 6) is 0. The van der Waals surface area contributed by atoms with Crippen molar-refractivity contribution in [2.75, 3.05) is 6.26 Å². The quantitative estimate of drug-likeness (QED) is 0.481. The van der Waals surface area contributed by atoms with Crippen molar-refractivity contribution < 1.29 is 8.42 Å². The molecule has 0 fully saturated rings. The number of aromatic nitrogens is 3. The summed E-state index contributed by atoms with van der Waals surface area (Å²) in [4.78, 5) is 17.7. The van der Waals surface area contributed by atoms with Crippen molar-refractivity contribution in [3.63, 3.8) is 0 Å². The van der Waals surface area contributed by atoms with E-state index in [1.165, 1.54) is 10.9 Å². The van der Waals surface area contributed by atoms with Gasteiger partial charge in [0.2, 0.25) is 0 Å². The summed E-state index contributed by atoms with van der Waals surface area (Å²) in [6.45, 7) is 2.05. The van der Waals surface area contributed by atoms with Crippen LogP contribution in [0.25, 0.3) is 22.4 Å². The van der Waals surface area contributed by atoms with E-state index in [1.807, 2.05) is 55.5 Å². The summed E-state index contributed by atoms with van der Waals surface area (Å²) >= 11 is 0. The Morgan fingerprint density at radius 1 is 0.871 bits per heavy atom. The molecule has 2 heterocycles. The van der Waals surface area contributed by atoms with Crippen LogP contribution in [-0.2, 0) is 16.4 Å². The molecule has 2 aromatic heterocycles. The Morgan fingerprint density at radius 2 is 1.52 bits per heavy atom. The van der Waals surface area contributed by atoms with Gasteiger partial charge in [-0.2, -0.15) is 5.10 Å². The lowest BCUT2D eigenvalue weighted by Crippen LogP contribution is -2.28. The van der Waals surface area contributed by atoms with E-state index in [1.54, 1.807) is 24.3 Å². The van der Waals surface area contributed by atoms with Gasteiger partial charge in [0, 0.05) is 29.3 Å². The maximum atomic E-state index is 13.5. The third-order valence-corrected chi connectivity index (χ3v) is 6.04. The molecule has 2 aromatic carbocycles. The van der Waals surface area contributed by atoms with Crippen LogP contribution in [0.3, 0.4) is 0 Å². The van der Waals surface area contributed by atoms with Gasteiger partial charge in [0.25, 0.3) is 5.56 Å². The number of sulfone groups is 1. The highest BCUT2D eigenvalue weighted by molar-refractivity contribution is 7.91. The van der Waals surface area contributed by atoms with Gasteiger partial charge in [-0.1, -0.05) is 66.7 Å². The van der Waals surface area contributed by atoms with E-state index in [-0.39, 0.29) is 22.7 Å². The van der Waals surface area contributed by atoms with Crippen molar-refractivity contribution in [1.82, 2.24) is 14.8 Å². The van der Waals surface area contributed by atoms with Crippen LogP contribution in [0.2, 0.25) is 0 Å². The number of aryl methyl sites for hydroxylation is 1. The van der Waals surface area contributed by atoms with Crippen molar-refractivity contribution in [2.24, 2.45) is 0 Å². The summed E-state index contributed by atoms with van der Waals surface area (Å²) in [5, 5.41) is 4.51. The van der Waals surface area contributed by atoms with Gasteiger partial charge in [-0.05, 0) is 18.6 Å². The van der Waals surface area contributed by atoms with Crippen molar-refractivity contribution in [3.8, 4) is 22.4 Å². The molecule has 0 spiro atoms. The lowest BCUT2D eigenvalue weighted by molar-refractivity contribution is 0.596. The predicted octanol–water partition coefficient (Wildman–Crippen LogP) is 3.73. The van der Waals surface area contributed by atoms with Crippen LogP contribution in [0.4, 0.5) is 0 Å². The fraction of sp³-hybridized carbons (Fsp3) is 0.125. The number of rotatable bonds is 5. The zero-order valence-corrected chi connectivity index (χ0v) is 18.0. The summed E-state index contributed by atoms with van der Waals surface area (Å²) < 4.78 is 27.1. The Kier molecular flexibility index (Phi) is 5.52. The molecule has 0 amide bonds. The van der Waals surface area contributed by atoms with Crippen LogP contribution in [0, 0.1) is 6.92 Å². The predicted molar refractivity (Wildman–Crippen MR) is 121 cm³/mol. The molecule has 0 aliphatic rings. The molecule has 31 heavy (non-hydrogen) atoms. The van der Waals surface area contributed by atoms with Gasteiger partial charge in [0.05, 0.1) is 12.1 Å². The molecule has 6 nitrogen and oxygen atoms in total. The number of benzene rings is 2. The maximum Gasteiger partial charge on any atom is 0.276 e. The van der Waals surface area contributed by atoms with Crippen molar-refractivity contribution in [1.29, 1.82) is 0 Å². The lowest BCUT2D eigenvalue weighted by Gasteiger charge is -2.16. The van der Waals surface area contributed by atoms with Crippen LogP contribution in [0.5, 0.6) is 0 Å². The summed E-state index contributed by atoms with van der Waals surface area (Å²) in [7, 11) is -3.79. The molecule has 0 N–H and O–H groups in total. The van der Waals surface area contributed by atoms with Crippen molar-refractivity contribution >= 4 is 9.84 Å². The van der Waals surface area contributed by atoms with E-state index in [0.29, 0.717) is 11.1 Å². The Labute approximate surface area is 180 Å². The first kappa shape index (κ1) is 20.7. The van der Waals surface area contributed by atoms with Crippen LogP contribution >= 0.6 is 0 Å². The highest BCUT2D eigenvalue weighted by Gasteiger charge is 2.27. The third-order valence-electron chi connectivity index (χ3n) is 4.90. The van der Waals surface area contributed by atoms with Gasteiger partial charge in [-0.15, -0.1) is 0 Å².